The summed E-state index contributed by atoms with van der Waals surface area (Å²) in [6, 6.07) is 15.9. The fourth-order valence-electron chi connectivity index (χ4n) is 1.56. The zero-order chi connectivity index (χ0) is 12.3. The predicted octanol–water partition coefficient (Wildman–Crippen LogP) is 3.37. The molecule has 1 N–H and O–H groups in total. The maximum absolute atomic E-state index is 12.0. The number of ketones is 1. The molecule has 0 aliphatic carbocycles. The van der Waals surface area contributed by atoms with Crippen LogP contribution >= 0.6 is 15.9 Å². The minimum Gasteiger partial charge on any atom is -0.380 e. The number of carbonyl (C=O) groups excluding carboxylic acids is 1. The van der Waals surface area contributed by atoms with Crippen LogP contribution in [0.2, 0.25) is 0 Å². The number of aliphatic hydroxyl groups is 1. The molecule has 0 amide bonds. The Morgan fingerprint density at radius 1 is 1.00 bits per heavy atom. The van der Waals surface area contributed by atoms with Gasteiger partial charge in [-0.15, -0.1) is 0 Å². The molecule has 17 heavy (non-hydrogen) atoms. The van der Waals surface area contributed by atoms with E-state index in [9.17, 15) is 9.90 Å². The zero-order valence-corrected chi connectivity index (χ0v) is 10.6. The second-order valence-electron chi connectivity index (χ2n) is 3.68. The molecule has 0 unspecified atom stereocenters. The van der Waals surface area contributed by atoms with Crippen molar-refractivity contribution in [2.45, 2.75) is 6.10 Å². The van der Waals surface area contributed by atoms with Crippen molar-refractivity contribution in [3.8, 4) is 0 Å². The Morgan fingerprint density at radius 3 is 2.18 bits per heavy atom. The lowest BCUT2D eigenvalue weighted by Crippen LogP contribution is -2.11. The Bertz CT molecular complexity index is 506. The lowest BCUT2D eigenvalue weighted by Gasteiger charge is -2.09. The minimum atomic E-state index is -1.11. The Hall–Kier alpha value is -1.45. The Balaban J connectivity index is 2.23. The van der Waals surface area contributed by atoms with Crippen molar-refractivity contribution < 1.29 is 9.90 Å². The first-order chi connectivity index (χ1) is 8.18. The van der Waals surface area contributed by atoms with Crippen LogP contribution in [0.1, 0.15) is 22.0 Å². The molecule has 0 heterocycles. The summed E-state index contributed by atoms with van der Waals surface area (Å²) < 4.78 is 0.917. The van der Waals surface area contributed by atoms with E-state index >= 15 is 0 Å². The van der Waals surface area contributed by atoms with Gasteiger partial charge in [-0.1, -0.05) is 58.4 Å². The Labute approximate surface area is 108 Å². The largest absolute Gasteiger partial charge is 0.380 e. The quantitative estimate of drug-likeness (QED) is 0.880. The number of hydrogen-bond donors (Lipinski definition) is 1. The lowest BCUT2D eigenvalue weighted by molar-refractivity contribution is 0.0747. The van der Waals surface area contributed by atoms with Crippen LogP contribution in [0.3, 0.4) is 0 Å². The lowest BCUT2D eigenvalue weighted by atomic mass is 10.0. The van der Waals surface area contributed by atoms with Gasteiger partial charge in [-0.2, -0.15) is 0 Å². The fraction of sp³-hybridized carbons (Fsp3) is 0.0714. The topological polar surface area (TPSA) is 37.3 Å². The SMILES string of the molecule is O=C(c1ccccc1)[C@@H](O)c1ccc(Br)cc1. The van der Waals surface area contributed by atoms with E-state index in [-0.39, 0.29) is 5.78 Å². The van der Waals surface area contributed by atoms with Gasteiger partial charge in [0.1, 0.15) is 6.10 Å². The highest BCUT2D eigenvalue weighted by molar-refractivity contribution is 9.10. The molecule has 0 radical (unpaired) electrons. The molecule has 0 fully saturated rings. The highest BCUT2D eigenvalue weighted by atomic mass is 79.9. The monoisotopic (exact) mass is 290 g/mol. The maximum atomic E-state index is 12.0. The van der Waals surface area contributed by atoms with Gasteiger partial charge in [0.25, 0.3) is 0 Å². The molecule has 0 aliphatic heterocycles. The van der Waals surface area contributed by atoms with Crippen molar-refractivity contribution in [2.24, 2.45) is 0 Å². The van der Waals surface area contributed by atoms with Crippen LogP contribution in [0.15, 0.2) is 59.1 Å². The highest BCUT2D eigenvalue weighted by Gasteiger charge is 2.18. The average molecular weight is 291 g/mol. The van der Waals surface area contributed by atoms with Crippen molar-refractivity contribution in [1.82, 2.24) is 0 Å². The summed E-state index contributed by atoms with van der Waals surface area (Å²) >= 11 is 3.31. The van der Waals surface area contributed by atoms with E-state index < -0.39 is 6.10 Å². The highest BCUT2D eigenvalue weighted by Crippen LogP contribution is 2.20. The number of carbonyl (C=O) groups is 1. The molecule has 0 saturated heterocycles. The summed E-state index contributed by atoms with van der Waals surface area (Å²) in [5, 5.41) is 9.97. The van der Waals surface area contributed by atoms with E-state index in [1.807, 2.05) is 6.07 Å². The fourth-order valence-corrected chi connectivity index (χ4v) is 1.82. The summed E-state index contributed by atoms with van der Waals surface area (Å²) in [6.07, 6.45) is -1.11. The smallest absolute Gasteiger partial charge is 0.195 e. The van der Waals surface area contributed by atoms with Gasteiger partial charge >= 0.3 is 0 Å². The van der Waals surface area contributed by atoms with Gasteiger partial charge in [0.2, 0.25) is 0 Å². The number of benzene rings is 2. The summed E-state index contributed by atoms with van der Waals surface area (Å²) in [7, 11) is 0. The van der Waals surface area contributed by atoms with Crippen molar-refractivity contribution >= 4 is 21.7 Å². The number of halogens is 1. The summed E-state index contributed by atoms with van der Waals surface area (Å²) in [6.45, 7) is 0. The summed E-state index contributed by atoms with van der Waals surface area (Å²) in [5.41, 5.74) is 1.12. The van der Waals surface area contributed by atoms with Crippen molar-refractivity contribution in [3.63, 3.8) is 0 Å². The van der Waals surface area contributed by atoms with E-state index in [0.29, 0.717) is 11.1 Å². The van der Waals surface area contributed by atoms with Crippen LogP contribution in [0.5, 0.6) is 0 Å². The maximum Gasteiger partial charge on any atom is 0.195 e. The van der Waals surface area contributed by atoms with Crippen molar-refractivity contribution in [2.75, 3.05) is 0 Å². The first kappa shape index (κ1) is 12.0. The van der Waals surface area contributed by atoms with Gasteiger partial charge in [-0.3, -0.25) is 4.79 Å². The Kier molecular flexibility index (Phi) is 3.71. The van der Waals surface area contributed by atoms with Crippen LogP contribution in [0.25, 0.3) is 0 Å². The molecule has 0 saturated carbocycles. The van der Waals surface area contributed by atoms with Crippen molar-refractivity contribution in [3.05, 3.63) is 70.2 Å². The van der Waals surface area contributed by atoms with E-state index in [4.69, 9.17) is 0 Å². The second-order valence-corrected chi connectivity index (χ2v) is 4.60. The molecule has 3 heteroatoms. The molecule has 1 atom stereocenters. The van der Waals surface area contributed by atoms with Crippen LogP contribution in [0, 0.1) is 0 Å². The van der Waals surface area contributed by atoms with Crippen LogP contribution < -0.4 is 0 Å². The van der Waals surface area contributed by atoms with Crippen LogP contribution in [0.4, 0.5) is 0 Å². The first-order valence-electron chi connectivity index (χ1n) is 5.21. The molecule has 2 aromatic carbocycles. The number of hydrogen-bond acceptors (Lipinski definition) is 2. The van der Waals surface area contributed by atoms with Crippen molar-refractivity contribution in [1.29, 1.82) is 0 Å². The Morgan fingerprint density at radius 2 is 1.59 bits per heavy atom. The molecular weight excluding hydrogens is 280 g/mol. The molecule has 86 valence electrons. The number of Topliss-reactive ketones (excluding diaryl/α,β-unsaturated/α-hetero) is 1. The zero-order valence-electron chi connectivity index (χ0n) is 9.01. The summed E-state index contributed by atoms with van der Waals surface area (Å²) in [5.74, 6) is -0.284. The molecule has 2 aromatic rings. The van der Waals surface area contributed by atoms with E-state index in [1.165, 1.54) is 0 Å². The van der Waals surface area contributed by atoms with E-state index in [0.717, 1.165) is 4.47 Å². The molecule has 0 bridgehead atoms. The van der Waals surface area contributed by atoms with Gasteiger partial charge in [0, 0.05) is 10.0 Å². The van der Waals surface area contributed by atoms with Gasteiger partial charge in [-0.25, -0.2) is 0 Å². The molecule has 2 nitrogen and oxygen atoms in total. The van der Waals surface area contributed by atoms with E-state index in [1.54, 1.807) is 48.5 Å². The van der Waals surface area contributed by atoms with Gasteiger partial charge in [-0.05, 0) is 17.7 Å². The molecular formula is C14H11BrO2. The first-order valence-corrected chi connectivity index (χ1v) is 6.00. The average Bonchev–Trinajstić information content (AvgIpc) is 2.39. The summed E-state index contributed by atoms with van der Waals surface area (Å²) in [4.78, 5) is 12.0. The third-order valence-corrected chi connectivity index (χ3v) is 3.02. The van der Waals surface area contributed by atoms with E-state index in [2.05, 4.69) is 15.9 Å². The number of rotatable bonds is 3. The normalized spacial score (nSPS) is 12.1. The van der Waals surface area contributed by atoms with Gasteiger partial charge < -0.3 is 5.11 Å². The third-order valence-electron chi connectivity index (χ3n) is 2.49. The molecule has 0 spiro atoms. The molecule has 2 rings (SSSR count). The third kappa shape index (κ3) is 2.81. The second kappa shape index (κ2) is 5.25. The predicted molar refractivity (Wildman–Crippen MR) is 69.9 cm³/mol. The standard InChI is InChI=1S/C14H11BrO2/c15-12-8-6-11(7-9-12)14(17)13(16)10-4-2-1-3-5-10/h1-9,14,17H/t14-/m0/s1. The number of aliphatic hydroxyl groups excluding tert-OH is 1. The van der Waals surface area contributed by atoms with Crippen LogP contribution in [-0.2, 0) is 0 Å². The minimum absolute atomic E-state index is 0.284. The van der Waals surface area contributed by atoms with Gasteiger partial charge in [0.05, 0.1) is 0 Å². The molecule has 0 aromatic heterocycles. The molecule has 0 aliphatic rings. The van der Waals surface area contributed by atoms with Crippen LogP contribution in [-0.4, -0.2) is 10.9 Å². The van der Waals surface area contributed by atoms with Gasteiger partial charge in [0.15, 0.2) is 5.78 Å².